The Hall–Kier alpha value is -1.36. The summed E-state index contributed by atoms with van der Waals surface area (Å²) in [5, 5.41) is 6.26. The van der Waals surface area contributed by atoms with Crippen LogP contribution in [0.4, 0.5) is 0 Å². The number of nitrogens with one attached hydrogen (secondary N) is 2. The zero-order chi connectivity index (χ0) is 13.2. The molecule has 2 atom stereocenters. The van der Waals surface area contributed by atoms with Gasteiger partial charge in [-0.1, -0.05) is 0 Å². The molecular weight excluding hydrogens is 230 g/mol. The predicted molar refractivity (Wildman–Crippen MR) is 68.1 cm³/mol. The van der Waals surface area contributed by atoms with Gasteiger partial charge in [-0.3, -0.25) is 4.79 Å². The lowest BCUT2D eigenvalue weighted by Gasteiger charge is -2.34. The van der Waals surface area contributed by atoms with E-state index in [4.69, 9.17) is 4.42 Å². The Labute approximate surface area is 107 Å². The molecule has 0 aromatic carbocycles. The van der Waals surface area contributed by atoms with Gasteiger partial charge in [-0.15, -0.1) is 0 Å². The summed E-state index contributed by atoms with van der Waals surface area (Å²) in [6.07, 6.45) is 4.76. The van der Waals surface area contributed by atoms with E-state index in [1.165, 1.54) is 0 Å². The Morgan fingerprint density at radius 1 is 1.61 bits per heavy atom. The SMILES string of the molecule is Cc1cnc(C(C)NC(=O)C2(C)CCCCN2)o1. The number of aryl methyl sites for hydroxylation is 1. The Morgan fingerprint density at radius 3 is 2.94 bits per heavy atom. The fourth-order valence-corrected chi connectivity index (χ4v) is 2.24. The Bertz CT molecular complexity index is 422. The maximum atomic E-state index is 12.3. The number of amides is 1. The molecule has 1 aromatic heterocycles. The van der Waals surface area contributed by atoms with E-state index in [2.05, 4.69) is 15.6 Å². The topological polar surface area (TPSA) is 67.2 Å². The van der Waals surface area contributed by atoms with Crippen molar-refractivity contribution in [3.8, 4) is 0 Å². The lowest BCUT2D eigenvalue weighted by molar-refractivity contribution is -0.128. The van der Waals surface area contributed by atoms with Gasteiger partial charge in [-0.05, 0) is 46.6 Å². The quantitative estimate of drug-likeness (QED) is 0.858. The van der Waals surface area contributed by atoms with E-state index in [0.29, 0.717) is 5.89 Å². The van der Waals surface area contributed by atoms with Crippen LogP contribution in [0.25, 0.3) is 0 Å². The minimum atomic E-state index is -0.464. The first-order valence-electron chi connectivity index (χ1n) is 6.49. The minimum absolute atomic E-state index is 0.0190. The van der Waals surface area contributed by atoms with Crippen LogP contribution in [0.15, 0.2) is 10.6 Å². The molecule has 5 heteroatoms. The van der Waals surface area contributed by atoms with Crippen LogP contribution in [0.1, 0.15) is 50.8 Å². The summed E-state index contributed by atoms with van der Waals surface area (Å²) in [4.78, 5) is 16.4. The first-order chi connectivity index (χ1) is 8.51. The second kappa shape index (κ2) is 5.10. The lowest BCUT2D eigenvalue weighted by Crippen LogP contribution is -2.57. The molecule has 0 spiro atoms. The highest BCUT2D eigenvalue weighted by molar-refractivity contribution is 5.86. The van der Waals surface area contributed by atoms with Crippen molar-refractivity contribution >= 4 is 5.91 Å². The molecular formula is C13H21N3O2. The minimum Gasteiger partial charge on any atom is -0.444 e. The number of piperidine rings is 1. The van der Waals surface area contributed by atoms with Gasteiger partial charge in [0.25, 0.3) is 0 Å². The van der Waals surface area contributed by atoms with Crippen molar-refractivity contribution in [2.75, 3.05) is 6.54 Å². The standard InChI is InChI=1S/C13H21N3O2/c1-9-8-14-11(18-9)10(2)16-12(17)13(3)6-4-5-7-15-13/h8,10,15H,4-7H2,1-3H3,(H,16,17). The van der Waals surface area contributed by atoms with Crippen molar-refractivity contribution < 1.29 is 9.21 Å². The van der Waals surface area contributed by atoms with Crippen LogP contribution in [0.5, 0.6) is 0 Å². The number of carbonyl (C=O) groups is 1. The third-order valence-corrected chi connectivity index (χ3v) is 3.48. The van der Waals surface area contributed by atoms with Crippen LogP contribution in [-0.4, -0.2) is 23.0 Å². The van der Waals surface area contributed by atoms with Gasteiger partial charge >= 0.3 is 0 Å². The summed E-state index contributed by atoms with van der Waals surface area (Å²) in [6, 6.07) is -0.202. The summed E-state index contributed by atoms with van der Waals surface area (Å²) >= 11 is 0. The molecule has 1 aromatic rings. The molecule has 1 saturated heterocycles. The predicted octanol–water partition coefficient (Wildman–Crippen LogP) is 1.69. The van der Waals surface area contributed by atoms with E-state index in [0.717, 1.165) is 31.6 Å². The van der Waals surface area contributed by atoms with Crippen LogP contribution < -0.4 is 10.6 Å². The number of rotatable bonds is 3. The summed E-state index contributed by atoms with van der Waals surface area (Å²) in [5.74, 6) is 1.33. The molecule has 5 nitrogen and oxygen atoms in total. The number of hydrogen-bond donors (Lipinski definition) is 2. The fraction of sp³-hybridized carbons (Fsp3) is 0.692. The number of nitrogens with zero attached hydrogens (tertiary/aromatic N) is 1. The summed E-state index contributed by atoms with van der Waals surface area (Å²) in [5.41, 5.74) is -0.464. The van der Waals surface area contributed by atoms with Crippen LogP contribution >= 0.6 is 0 Å². The van der Waals surface area contributed by atoms with E-state index < -0.39 is 5.54 Å². The van der Waals surface area contributed by atoms with Crippen molar-refractivity contribution in [3.05, 3.63) is 17.8 Å². The number of aromatic nitrogens is 1. The average Bonchev–Trinajstić information content (AvgIpc) is 2.77. The van der Waals surface area contributed by atoms with E-state index in [1.54, 1.807) is 6.20 Å². The molecule has 1 aliphatic heterocycles. The lowest BCUT2D eigenvalue weighted by atomic mass is 9.90. The molecule has 2 rings (SSSR count). The molecule has 0 saturated carbocycles. The van der Waals surface area contributed by atoms with Crippen LogP contribution in [0.3, 0.4) is 0 Å². The molecule has 2 unspecified atom stereocenters. The highest BCUT2D eigenvalue weighted by Gasteiger charge is 2.35. The summed E-state index contributed by atoms with van der Waals surface area (Å²) < 4.78 is 5.42. The molecule has 1 fully saturated rings. The highest BCUT2D eigenvalue weighted by atomic mass is 16.4. The van der Waals surface area contributed by atoms with Gasteiger partial charge in [0.05, 0.1) is 11.7 Å². The zero-order valence-corrected chi connectivity index (χ0v) is 11.2. The van der Waals surface area contributed by atoms with E-state index in [1.807, 2.05) is 20.8 Å². The molecule has 1 amide bonds. The Balaban J connectivity index is 1.98. The normalized spacial score (nSPS) is 25.7. The van der Waals surface area contributed by atoms with Gasteiger partial charge in [-0.25, -0.2) is 4.98 Å². The van der Waals surface area contributed by atoms with Crippen molar-refractivity contribution in [3.63, 3.8) is 0 Å². The van der Waals surface area contributed by atoms with Gasteiger partial charge in [-0.2, -0.15) is 0 Å². The van der Waals surface area contributed by atoms with Gasteiger partial charge < -0.3 is 15.1 Å². The maximum absolute atomic E-state index is 12.3. The van der Waals surface area contributed by atoms with E-state index >= 15 is 0 Å². The third-order valence-electron chi connectivity index (χ3n) is 3.48. The molecule has 2 N–H and O–H groups in total. The maximum Gasteiger partial charge on any atom is 0.240 e. The third kappa shape index (κ3) is 2.72. The van der Waals surface area contributed by atoms with Crippen molar-refractivity contribution in [2.45, 2.75) is 51.6 Å². The second-order valence-corrected chi connectivity index (χ2v) is 5.22. The van der Waals surface area contributed by atoms with Crippen LogP contribution in [-0.2, 0) is 4.79 Å². The smallest absolute Gasteiger partial charge is 0.240 e. The monoisotopic (exact) mass is 251 g/mol. The molecule has 1 aliphatic rings. The van der Waals surface area contributed by atoms with Gasteiger partial charge in [0.1, 0.15) is 11.8 Å². The molecule has 18 heavy (non-hydrogen) atoms. The first-order valence-corrected chi connectivity index (χ1v) is 6.49. The molecule has 2 heterocycles. The largest absolute Gasteiger partial charge is 0.444 e. The van der Waals surface area contributed by atoms with Crippen LogP contribution in [0, 0.1) is 6.92 Å². The summed E-state index contributed by atoms with van der Waals surface area (Å²) in [7, 11) is 0. The van der Waals surface area contributed by atoms with Gasteiger partial charge in [0.2, 0.25) is 11.8 Å². The molecule has 0 radical (unpaired) electrons. The van der Waals surface area contributed by atoms with E-state index in [9.17, 15) is 4.79 Å². The van der Waals surface area contributed by atoms with Crippen molar-refractivity contribution in [1.82, 2.24) is 15.6 Å². The Kier molecular flexibility index (Phi) is 3.71. The second-order valence-electron chi connectivity index (χ2n) is 5.22. The molecule has 100 valence electrons. The molecule has 0 bridgehead atoms. The first kappa shape index (κ1) is 13.1. The van der Waals surface area contributed by atoms with Gasteiger partial charge in [0, 0.05) is 0 Å². The highest BCUT2D eigenvalue weighted by Crippen LogP contribution is 2.20. The molecule has 0 aliphatic carbocycles. The number of oxazole rings is 1. The summed E-state index contributed by atoms with van der Waals surface area (Å²) in [6.45, 7) is 6.58. The van der Waals surface area contributed by atoms with Crippen molar-refractivity contribution in [1.29, 1.82) is 0 Å². The van der Waals surface area contributed by atoms with Crippen LogP contribution in [0.2, 0.25) is 0 Å². The Morgan fingerprint density at radius 2 is 2.39 bits per heavy atom. The van der Waals surface area contributed by atoms with E-state index in [-0.39, 0.29) is 11.9 Å². The average molecular weight is 251 g/mol. The number of hydrogen-bond acceptors (Lipinski definition) is 4. The zero-order valence-electron chi connectivity index (χ0n) is 11.2. The van der Waals surface area contributed by atoms with Gasteiger partial charge in [0.15, 0.2) is 0 Å². The van der Waals surface area contributed by atoms with Crippen molar-refractivity contribution in [2.24, 2.45) is 0 Å². The fourth-order valence-electron chi connectivity index (χ4n) is 2.24. The number of carbonyl (C=O) groups excluding carboxylic acids is 1.